The van der Waals surface area contributed by atoms with Crippen LogP contribution in [0, 0.1) is 0 Å². The van der Waals surface area contributed by atoms with Crippen LogP contribution in [0.1, 0.15) is 18.9 Å². The molecule has 1 aromatic carbocycles. The van der Waals surface area contributed by atoms with Gasteiger partial charge in [0.25, 0.3) is 0 Å². The van der Waals surface area contributed by atoms with Crippen LogP contribution in [0.5, 0.6) is 0 Å². The van der Waals surface area contributed by atoms with E-state index in [1.54, 1.807) is 6.92 Å². The summed E-state index contributed by atoms with van der Waals surface area (Å²) in [5.74, 6) is -0.548. The summed E-state index contributed by atoms with van der Waals surface area (Å²) in [7, 11) is -3.14. The van der Waals surface area contributed by atoms with Crippen molar-refractivity contribution < 1.29 is 26.4 Å². The fourth-order valence-electron chi connectivity index (χ4n) is 2.39. The van der Waals surface area contributed by atoms with Crippen LogP contribution in [0.15, 0.2) is 29.2 Å². The first kappa shape index (κ1) is 18.1. The standard InChI is InChI=1S/C14H16F3NO3S2/c1-13(5-6-23(20,21)9-13)18-12(19)8-22-11-4-2-3-10(7-11)14(15,16)17/h2-4,7H,5-6,8-9H2,1H3,(H,18,19)/t13-/m0/s1. The maximum Gasteiger partial charge on any atom is 0.416 e. The summed E-state index contributed by atoms with van der Waals surface area (Å²) in [6, 6.07) is 4.73. The summed E-state index contributed by atoms with van der Waals surface area (Å²) in [4.78, 5) is 12.3. The molecule has 1 saturated heterocycles. The number of alkyl halides is 3. The van der Waals surface area contributed by atoms with E-state index in [2.05, 4.69) is 5.32 Å². The number of halogens is 3. The molecule has 4 nitrogen and oxygen atoms in total. The van der Waals surface area contributed by atoms with Gasteiger partial charge in [0.1, 0.15) is 0 Å². The Balaban J connectivity index is 1.93. The van der Waals surface area contributed by atoms with E-state index in [9.17, 15) is 26.4 Å². The van der Waals surface area contributed by atoms with Crippen molar-refractivity contribution in [1.29, 1.82) is 0 Å². The van der Waals surface area contributed by atoms with Crippen molar-refractivity contribution in [3.8, 4) is 0 Å². The molecule has 9 heteroatoms. The van der Waals surface area contributed by atoms with E-state index in [4.69, 9.17) is 0 Å². The summed E-state index contributed by atoms with van der Waals surface area (Å²) in [5.41, 5.74) is -1.57. The van der Waals surface area contributed by atoms with Crippen molar-refractivity contribution in [3.63, 3.8) is 0 Å². The van der Waals surface area contributed by atoms with Crippen molar-refractivity contribution in [2.75, 3.05) is 17.3 Å². The van der Waals surface area contributed by atoms with Crippen LogP contribution in [0.25, 0.3) is 0 Å². The average molecular weight is 367 g/mol. The van der Waals surface area contributed by atoms with Gasteiger partial charge in [-0.05, 0) is 31.5 Å². The van der Waals surface area contributed by atoms with Gasteiger partial charge in [0.05, 0.1) is 28.4 Å². The fraction of sp³-hybridized carbons (Fsp3) is 0.500. The first-order valence-electron chi connectivity index (χ1n) is 6.81. The van der Waals surface area contributed by atoms with E-state index in [-0.39, 0.29) is 17.3 Å². The van der Waals surface area contributed by atoms with Crippen molar-refractivity contribution in [3.05, 3.63) is 29.8 Å². The Morgan fingerprint density at radius 1 is 1.39 bits per heavy atom. The van der Waals surface area contributed by atoms with Gasteiger partial charge < -0.3 is 5.32 Å². The molecule has 0 unspecified atom stereocenters. The van der Waals surface area contributed by atoms with Crippen LogP contribution in [0.2, 0.25) is 0 Å². The van der Waals surface area contributed by atoms with Gasteiger partial charge in [0.15, 0.2) is 9.84 Å². The normalized spacial score (nSPS) is 23.7. The van der Waals surface area contributed by atoms with Gasteiger partial charge in [0, 0.05) is 4.90 Å². The predicted molar refractivity (Wildman–Crippen MR) is 82.0 cm³/mol. The average Bonchev–Trinajstić information content (AvgIpc) is 2.69. The van der Waals surface area contributed by atoms with Crippen LogP contribution >= 0.6 is 11.8 Å². The summed E-state index contributed by atoms with van der Waals surface area (Å²) >= 11 is 0.979. The molecule has 2 rings (SSSR count). The lowest BCUT2D eigenvalue weighted by Crippen LogP contribution is -2.47. The van der Waals surface area contributed by atoms with Crippen molar-refractivity contribution in [2.24, 2.45) is 0 Å². The Morgan fingerprint density at radius 3 is 2.65 bits per heavy atom. The highest BCUT2D eigenvalue weighted by atomic mass is 32.2. The number of amides is 1. The van der Waals surface area contributed by atoms with Crippen LogP contribution in [0.4, 0.5) is 13.2 Å². The topological polar surface area (TPSA) is 63.2 Å². The number of nitrogens with one attached hydrogen (secondary N) is 1. The van der Waals surface area contributed by atoms with Crippen molar-refractivity contribution >= 4 is 27.5 Å². The zero-order valence-corrected chi connectivity index (χ0v) is 13.9. The molecular formula is C14H16F3NO3S2. The third-order valence-corrected chi connectivity index (χ3v) is 6.37. The molecule has 0 bridgehead atoms. The lowest BCUT2D eigenvalue weighted by molar-refractivity contribution is -0.137. The first-order valence-corrected chi connectivity index (χ1v) is 9.61. The van der Waals surface area contributed by atoms with Gasteiger partial charge in [-0.15, -0.1) is 11.8 Å². The zero-order valence-electron chi connectivity index (χ0n) is 12.3. The third kappa shape index (κ3) is 5.13. The molecule has 128 valence electrons. The molecule has 0 aliphatic carbocycles. The molecule has 1 aliphatic rings. The molecule has 0 spiro atoms. The monoisotopic (exact) mass is 367 g/mol. The maximum atomic E-state index is 12.6. The lowest BCUT2D eigenvalue weighted by atomic mass is 10.0. The molecule has 1 atom stereocenters. The molecular weight excluding hydrogens is 351 g/mol. The molecule has 1 N–H and O–H groups in total. The highest BCUT2D eigenvalue weighted by Crippen LogP contribution is 2.32. The predicted octanol–water partition coefficient (Wildman–Crippen LogP) is 2.49. The number of carbonyl (C=O) groups excluding carboxylic acids is 1. The van der Waals surface area contributed by atoms with Crippen molar-refractivity contribution in [1.82, 2.24) is 5.32 Å². The van der Waals surface area contributed by atoms with Crippen molar-refractivity contribution in [2.45, 2.75) is 30.0 Å². The second-order valence-electron chi connectivity index (χ2n) is 5.77. The van der Waals surface area contributed by atoms with Crippen LogP contribution in [-0.2, 0) is 20.8 Å². The van der Waals surface area contributed by atoms with Gasteiger partial charge in [-0.3, -0.25) is 4.79 Å². The molecule has 1 aliphatic heterocycles. The quantitative estimate of drug-likeness (QED) is 0.831. The van der Waals surface area contributed by atoms with Gasteiger partial charge in [0.2, 0.25) is 5.91 Å². The van der Waals surface area contributed by atoms with Crippen LogP contribution < -0.4 is 5.32 Å². The second-order valence-corrected chi connectivity index (χ2v) is 9.00. The minimum absolute atomic E-state index is 0.0323. The van der Waals surface area contributed by atoms with E-state index < -0.39 is 33.0 Å². The van der Waals surface area contributed by atoms with E-state index in [1.807, 2.05) is 0 Å². The summed E-state index contributed by atoms with van der Waals surface area (Å²) in [5, 5.41) is 2.66. The fourth-order valence-corrected chi connectivity index (χ4v) is 5.24. The van der Waals surface area contributed by atoms with Gasteiger partial charge in [-0.25, -0.2) is 8.42 Å². The number of hydrogen-bond donors (Lipinski definition) is 1. The van der Waals surface area contributed by atoms with Gasteiger partial charge >= 0.3 is 6.18 Å². The molecule has 0 saturated carbocycles. The minimum Gasteiger partial charge on any atom is -0.349 e. The van der Waals surface area contributed by atoms with Gasteiger partial charge in [-0.1, -0.05) is 6.07 Å². The number of hydrogen-bond acceptors (Lipinski definition) is 4. The molecule has 1 amide bonds. The molecule has 1 heterocycles. The Labute approximate surface area is 136 Å². The maximum absolute atomic E-state index is 12.6. The number of sulfone groups is 1. The Bertz CT molecular complexity index is 703. The SMILES string of the molecule is C[C@]1(NC(=O)CSc2cccc(C(F)(F)F)c2)CCS(=O)(=O)C1. The Kier molecular flexibility index (Phi) is 5.00. The third-order valence-electron chi connectivity index (χ3n) is 3.48. The molecule has 1 aromatic rings. The molecule has 1 fully saturated rings. The van der Waals surface area contributed by atoms with E-state index in [0.717, 1.165) is 23.9 Å². The second kappa shape index (κ2) is 6.35. The minimum atomic E-state index is -4.43. The number of carbonyl (C=O) groups is 1. The molecule has 0 aromatic heterocycles. The van der Waals surface area contributed by atoms with E-state index in [0.29, 0.717) is 11.3 Å². The molecule has 23 heavy (non-hydrogen) atoms. The van der Waals surface area contributed by atoms with E-state index >= 15 is 0 Å². The number of thioether (sulfide) groups is 1. The highest BCUT2D eigenvalue weighted by Gasteiger charge is 2.39. The largest absolute Gasteiger partial charge is 0.416 e. The van der Waals surface area contributed by atoms with Crippen LogP contribution in [-0.4, -0.2) is 37.1 Å². The number of rotatable bonds is 4. The first-order chi connectivity index (χ1) is 10.5. The highest BCUT2D eigenvalue weighted by molar-refractivity contribution is 8.00. The van der Waals surface area contributed by atoms with Gasteiger partial charge in [-0.2, -0.15) is 13.2 Å². The summed E-state index contributed by atoms with van der Waals surface area (Å²) < 4.78 is 60.8. The Hall–Kier alpha value is -1.22. The lowest BCUT2D eigenvalue weighted by Gasteiger charge is -2.23. The van der Waals surface area contributed by atoms with Crippen LogP contribution in [0.3, 0.4) is 0 Å². The van der Waals surface area contributed by atoms with E-state index in [1.165, 1.54) is 12.1 Å². The molecule has 0 radical (unpaired) electrons. The summed E-state index contributed by atoms with van der Waals surface area (Å²) in [6.45, 7) is 1.66. The zero-order chi connectivity index (χ0) is 17.3. The smallest absolute Gasteiger partial charge is 0.349 e. The number of benzene rings is 1. The summed E-state index contributed by atoms with van der Waals surface area (Å²) in [6.07, 6.45) is -4.08. The Morgan fingerprint density at radius 2 is 2.09 bits per heavy atom.